The van der Waals surface area contributed by atoms with Gasteiger partial charge in [-0.15, -0.1) is 0 Å². The molecule has 0 aromatic rings. The summed E-state index contributed by atoms with van der Waals surface area (Å²) < 4.78 is 0. The molecule has 0 bridgehead atoms. The van der Waals surface area contributed by atoms with E-state index in [9.17, 15) is 0 Å². The minimum Gasteiger partial charge on any atom is -0.365 e. The third-order valence-corrected chi connectivity index (χ3v) is 1.74. The Kier molecular flexibility index (Phi) is 3.50. The quantitative estimate of drug-likeness (QED) is 0.470. The fourth-order valence-electron chi connectivity index (χ4n) is 0.337. The summed E-state index contributed by atoms with van der Waals surface area (Å²) in [4.78, 5) is 0. The predicted molar refractivity (Wildman–Crippen MR) is 39.2 cm³/mol. The molecule has 0 heterocycles. The molecule has 0 aliphatic heterocycles. The normalized spacial score (nSPS) is 15.7. The highest BCUT2D eigenvalue weighted by Crippen LogP contribution is 2.06. The van der Waals surface area contributed by atoms with Crippen molar-refractivity contribution in [1.29, 1.82) is 0 Å². The van der Waals surface area contributed by atoms with Gasteiger partial charge in [-0.3, -0.25) is 0 Å². The van der Waals surface area contributed by atoms with Gasteiger partial charge in [0.25, 0.3) is 0 Å². The molecule has 0 rings (SSSR count). The van der Waals surface area contributed by atoms with Gasteiger partial charge in [0.1, 0.15) is 0 Å². The molecule has 0 spiro atoms. The smallest absolute Gasteiger partial charge is 0.175 e. The van der Waals surface area contributed by atoms with Crippen LogP contribution in [0.3, 0.4) is 0 Å². The second kappa shape index (κ2) is 3.41. The van der Waals surface area contributed by atoms with Gasteiger partial charge in [0.2, 0.25) is 0 Å². The molecule has 9 heavy (non-hydrogen) atoms. The van der Waals surface area contributed by atoms with Crippen LogP contribution in [-0.2, 0) is 0 Å². The molecule has 4 N–H and O–H groups in total. The maximum Gasteiger partial charge on any atom is 0.175 e. The third kappa shape index (κ3) is 3.75. The molecular weight excluding hydrogens is 138 g/mol. The Morgan fingerprint density at radius 2 is 2.11 bits per heavy atom. The summed E-state index contributed by atoms with van der Waals surface area (Å²) in [5.41, 5.74) is 5.34. The Balaban J connectivity index is 3.59. The molecule has 0 aliphatic carbocycles. The Morgan fingerprint density at radius 1 is 1.67 bits per heavy atom. The Hall–Kier alpha value is 0.230. The van der Waals surface area contributed by atoms with E-state index in [4.69, 9.17) is 15.9 Å². The van der Waals surface area contributed by atoms with Crippen molar-refractivity contribution in [2.75, 3.05) is 12.0 Å². The third-order valence-electron chi connectivity index (χ3n) is 1.05. The van der Waals surface area contributed by atoms with Gasteiger partial charge in [-0.05, 0) is 13.2 Å². The minimum atomic E-state index is -1.73. The molecule has 0 aromatic heterocycles. The van der Waals surface area contributed by atoms with Crippen LogP contribution in [-0.4, -0.2) is 34.1 Å². The van der Waals surface area contributed by atoms with E-state index in [1.54, 1.807) is 0 Å². The Labute approximate surface area is 59.3 Å². The highest BCUT2D eigenvalue weighted by atomic mass is 32.2. The zero-order valence-corrected chi connectivity index (χ0v) is 6.48. The Bertz CT molecular complexity index is 81.5. The van der Waals surface area contributed by atoms with E-state index in [-0.39, 0.29) is 0 Å². The van der Waals surface area contributed by atoms with Crippen molar-refractivity contribution in [1.82, 2.24) is 0 Å². The van der Waals surface area contributed by atoms with Gasteiger partial charge in [-0.25, -0.2) is 0 Å². The lowest BCUT2D eigenvalue weighted by molar-refractivity contribution is -0.156. The summed E-state index contributed by atoms with van der Waals surface area (Å²) >= 11 is 1.49. The molecule has 0 aliphatic rings. The van der Waals surface area contributed by atoms with Gasteiger partial charge in [-0.2, -0.15) is 11.8 Å². The van der Waals surface area contributed by atoms with E-state index in [0.29, 0.717) is 5.75 Å². The first-order valence-electron chi connectivity index (χ1n) is 2.67. The van der Waals surface area contributed by atoms with Gasteiger partial charge in [-0.1, -0.05) is 0 Å². The molecule has 0 aromatic carbocycles. The zero-order valence-electron chi connectivity index (χ0n) is 5.66. The van der Waals surface area contributed by atoms with Crippen LogP contribution < -0.4 is 5.73 Å². The molecule has 0 saturated heterocycles. The summed E-state index contributed by atoms with van der Waals surface area (Å²) in [6.45, 7) is 1.29. The van der Waals surface area contributed by atoms with Gasteiger partial charge in [0.05, 0.1) is 6.04 Å². The summed E-state index contributed by atoms with van der Waals surface area (Å²) in [5.74, 6) is -1.17. The fourth-order valence-corrected chi connectivity index (χ4v) is 1.01. The zero-order chi connectivity index (χ0) is 7.49. The van der Waals surface area contributed by atoms with Crippen molar-refractivity contribution >= 4 is 11.8 Å². The number of nitrogens with two attached hydrogens (primary N) is 1. The number of aliphatic hydroxyl groups is 2. The average molecular weight is 151 g/mol. The highest BCUT2D eigenvalue weighted by molar-refractivity contribution is 7.98. The molecule has 0 saturated carbocycles. The molecule has 0 fully saturated rings. The van der Waals surface area contributed by atoms with E-state index in [2.05, 4.69) is 0 Å². The lowest BCUT2D eigenvalue weighted by Gasteiger charge is -2.22. The fraction of sp³-hybridized carbons (Fsp3) is 1.00. The predicted octanol–water partition coefficient (Wildman–Crippen LogP) is -0.622. The van der Waals surface area contributed by atoms with Gasteiger partial charge in [0.15, 0.2) is 5.79 Å². The van der Waals surface area contributed by atoms with Crippen LogP contribution in [0.1, 0.15) is 6.92 Å². The van der Waals surface area contributed by atoms with Gasteiger partial charge in [0, 0.05) is 5.75 Å². The van der Waals surface area contributed by atoms with Crippen molar-refractivity contribution in [3.8, 4) is 0 Å². The van der Waals surface area contributed by atoms with E-state index in [1.165, 1.54) is 18.7 Å². The average Bonchev–Trinajstić information content (AvgIpc) is 1.64. The summed E-state index contributed by atoms with van der Waals surface area (Å²) in [6, 6.07) is -0.563. The number of hydrogen-bond donors (Lipinski definition) is 3. The molecule has 4 heteroatoms. The molecule has 3 nitrogen and oxygen atoms in total. The first-order chi connectivity index (χ1) is 3.98. The molecule has 56 valence electrons. The number of thioether (sulfide) groups is 1. The lowest BCUT2D eigenvalue weighted by atomic mass is 10.2. The van der Waals surface area contributed by atoms with Crippen molar-refractivity contribution in [3.63, 3.8) is 0 Å². The first-order valence-corrected chi connectivity index (χ1v) is 4.07. The molecule has 0 radical (unpaired) electrons. The molecule has 0 amide bonds. The van der Waals surface area contributed by atoms with Gasteiger partial charge >= 0.3 is 0 Å². The number of rotatable bonds is 3. The minimum absolute atomic E-state index is 0.559. The van der Waals surface area contributed by atoms with Crippen LogP contribution in [0.25, 0.3) is 0 Å². The van der Waals surface area contributed by atoms with E-state index in [1.807, 2.05) is 6.26 Å². The monoisotopic (exact) mass is 151 g/mol. The van der Waals surface area contributed by atoms with E-state index >= 15 is 0 Å². The molecule has 1 atom stereocenters. The van der Waals surface area contributed by atoms with Crippen molar-refractivity contribution in [3.05, 3.63) is 0 Å². The molecule has 1 unspecified atom stereocenters. The van der Waals surface area contributed by atoms with Crippen molar-refractivity contribution < 1.29 is 10.2 Å². The second-order valence-electron chi connectivity index (χ2n) is 2.16. The standard InChI is InChI=1S/C5H13NO2S/c1-5(7,8)4(6)3-9-2/h4,7-8H,3,6H2,1-2H3. The van der Waals surface area contributed by atoms with Crippen molar-refractivity contribution in [2.24, 2.45) is 5.73 Å². The van der Waals surface area contributed by atoms with Crippen LogP contribution in [0, 0.1) is 0 Å². The van der Waals surface area contributed by atoms with Crippen LogP contribution in [0.15, 0.2) is 0 Å². The maximum atomic E-state index is 8.83. The highest BCUT2D eigenvalue weighted by Gasteiger charge is 2.24. The SMILES string of the molecule is CSCC(N)C(C)(O)O. The van der Waals surface area contributed by atoms with Crippen LogP contribution in [0.5, 0.6) is 0 Å². The maximum absolute atomic E-state index is 8.83. The topological polar surface area (TPSA) is 66.5 Å². The van der Waals surface area contributed by atoms with Crippen LogP contribution >= 0.6 is 11.8 Å². The largest absolute Gasteiger partial charge is 0.365 e. The summed E-state index contributed by atoms with van der Waals surface area (Å²) in [6.07, 6.45) is 1.87. The van der Waals surface area contributed by atoms with E-state index < -0.39 is 11.8 Å². The number of hydrogen-bond acceptors (Lipinski definition) is 4. The lowest BCUT2D eigenvalue weighted by Crippen LogP contribution is -2.47. The first kappa shape index (κ1) is 9.23. The van der Waals surface area contributed by atoms with Crippen LogP contribution in [0.4, 0.5) is 0 Å². The second-order valence-corrected chi connectivity index (χ2v) is 3.07. The molecular formula is C5H13NO2S. The summed E-state index contributed by atoms with van der Waals surface area (Å²) in [7, 11) is 0. The van der Waals surface area contributed by atoms with E-state index in [0.717, 1.165) is 0 Å². The summed E-state index contributed by atoms with van der Waals surface area (Å²) in [5, 5.41) is 17.7. The van der Waals surface area contributed by atoms with Crippen LogP contribution in [0.2, 0.25) is 0 Å². The Morgan fingerprint density at radius 3 is 2.22 bits per heavy atom. The van der Waals surface area contributed by atoms with Crippen molar-refractivity contribution in [2.45, 2.75) is 18.8 Å². The van der Waals surface area contributed by atoms with Gasteiger partial charge < -0.3 is 15.9 Å².